The van der Waals surface area contributed by atoms with Crippen LogP contribution in [0.15, 0.2) is 48.5 Å². The van der Waals surface area contributed by atoms with Crippen LogP contribution >= 0.6 is 0 Å². The summed E-state index contributed by atoms with van der Waals surface area (Å²) >= 11 is 0. The maximum atomic E-state index is 13.4. The highest BCUT2D eigenvalue weighted by molar-refractivity contribution is 5.90. The van der Waals surface area contributed by atoms with E-state index in [-0.39, 0.29) is 12.0 Å². The Labute approximate surface area is 205 Å². The van der Waals surface area contributed by atoms with Crippen LogP contribution in [0.2, 0.25) is 0 Å². The lowest BCUT2D eigenvalue weighted by molar-refractivity contribution is -0.145. The van der Waals surface area contributed by atoms with Crippen LogP contribution < -0.4 is 15.5 Å². The van der Waals surface area contributed by atoms with Crippen molar-refractivity contribution in [1.29, 1.82) is 5.26 Å². The van der Waals surface area contributed by atoms with Gasteiger partial charge in [-0.15, -0.1) is 0 Å². The van der Waals surface area contributed by atoms with Gasteiger partial charge in [-0.25, -0.2) is 5.48 Å². The van der Waals surface area contributed by atoms with Gasteiger partial charge in [-0.2, -0.15) is 5.26 Å². The van der Waals surface area contributed by atoms with Crippen molar-refractivity contribution in [2.24, 2.45) is 5.92 Å². The normalized spacial score (nSPS) is 22.1. The summed E-state index contributed by atoms with van der Waals surface area (Å²) in [5.74, 6) is -0.841. The number of amides is 2. The molecule has 2 heterocycles. The van der Waals surface area contributed by atoms with Gasteiger partial charge in [0.15, 0.2) is 0 Å². The lowest BCUT2D eigenvalue weighted by atomic mass is 9.87. The second kappa shape index (κ2) is 10.7. The van der Waals surface area contributed by atoms with E-state index in [9.17, 15) is 20.1 Å². The first-order valence-electron chi connectivity index (χ1n) is 11.8. The molecular formula is C27H30N4O4. The number of rotatable bonds is 5. The molecule has 0 spiro atoms. The van der Waals surface area contributed by atoms with E-state index in [1.54, 1.807) is 10.4 Å². The van der Waals surface area contributed by atoms with Crippen molar-refractivity contribution in [1.82, 2.24) is 15.7 Å². The molecule has 0 bridgehead atoms. The predicted molar refractivity (Wildman–Crippen MR) is 130 cm³/mol. The molecule has 8 nitrogen and oxygen atoms in total. The van der Waals surface area contributed by atoms with E-state index in [0.717, 1.165) is 22.3 Å². The predicted octanol–water partition coefficient (Wildman–Crippen LogP) is 2.72. The lowest BCUT2D eigenvalue weighted by Gasteiger charge is -2.38. The lowest BCUT2D eigenvalue weighted by Crippen LogP contribution is -2.60. The molecule has 0 saturated carbocycles. The first-order valence-corrected chi connectivity index (χ1v) is 11.8. The number of carbonyl (C=O) groups is 2. The van der Waals surface area contributed by atoms with Gasteiger partial charge >= 0.3 is 0 Å². The van der Waals surface area contributed by atoms with Gasteiger partial charge in [0.2, 0.25) is 11.8 Å². The molecule has 1 saturated heterocycles. The second-order valence-corrected chi connectivity index (χ2v) is 9.12. The summed E-state index contributed by atoms with van der Waals surface area (Å²) in [7, 11) is 0. The van der Waals surface area contributed by atoms with Crippen molar-refractivity contribution < 1.29 is 19.5 Å². The van der Waals surface area contributed by atoms with Crippen LogP contribution in [0.5, 0.6) is 5.75 Å². The number of piperidine rings is 1. The van der Waals surface area contributed by atoms with Crippen LogP contribution in [0, 0.1) is 31.1 Å². The summed E-state index contributed by atoms with van der Waals surface area (Å²) in [6, 6.07) is 14.9. The zero-order chi connectivity index (χ0) is 24.9. The van der Waals surface area contributed by atoms with E-state index >= 15 is 0 Å². The molecule has 4 rings (SSSR count). The summed E-state index contributed by atoms with van der Waals surface area (Å²) in [4.78, 5) is 27.6. The van der Waals surface area contributed by atoms with Gasteiger partial charge < -0.3 is 15.0 Å². The molecule has 182 valence electrons. The van der Waals surface area contributed by atoms with Gasteiger partial charge in [0, 0.05) is 19.6 Å². The average molecular weight is 475 g/mol. The second-order valence-electron chi connectivity index (χ2n) is 9.12. The standard InChI is InChI=1S/C27H30N4O4/c1-17-12-20(13-18(2)24(17)15-28)19-8-10-31(11-9-19)27(33)25-23(26(32)30-34)14-22(16-29-25)35-21-6-4-3-5-7-21/h3-8,12-13,22-23,25,29,34H,9-11,14,16H2,1-2H3,(H,30,32)/t22-,23-,25-/m0/s1. The number of ether oxygens (including phenoxy) is 1. The highest BCUT2D eigenvalue weighted by Gasteiger charge is 2.41. The molecule has 0 aliphatic carbocycles. The topological polar surface area (TPSA) is 115 Å². The number of hydroxylamine groups is 1. The van der Waals surface area contributed by atoms with Crippen molar-refractivity contribution in [2.45, 2.75) is 38.8 Å². The third-order valence-corrected chi connectivity index (χ3v) is 6.78. The first kappa shape index (κ1) is 24.5. The molecule has 3 atom stereocenters. The maximum Gasteiger partial charge on any atom is 0.248 e. The van der Waals surface area contributed by atoms with E-state index in [1.165, 1.54) is 0 Å². The van der Waals surface area contributed by atoms with Crippen molar-refractivity contribution in [3.63, 3.8) is 0 Å². The summed E-state index contributed by atoms with van der Waals surface area (Å²) in [5.41, 5.74) is 6.51. The van der Waals surface area contributed by atoms with Gasteiger partial charge in [0.1, 0.15) is 11.9 Å². The quantitative estimate of drug-likeness (QED) is 0.454. The summed E-state index contributed by atoms with van der Waals surface area (Å²) in [6.07, 6.45) is 2.72. The number of aryl methyl sites for hydroxylation is 2. The van der Waals surface area contributed by atoms with E-state index in [1.807, 2.05) is 62.4 Å². The number of carbonyl (C=O) groups excluding carboxylic acids is 2. The molecule has 2 aliphatic rings. The number of nitriles is 1. The summed E-state index contributed by atoms with van der Waals surface area (Å²) < 4.78 is 5.97. The molecule has 0 unspecified atom stereocenters. The number of hydrogen-bond acceptors (Lipinski definition) is 6. The van der Waals surface area contributed by atoms with Crippen LogP contribution in [0.25, 0.3) is 5.57 Å². The van der Waals surface area contributed by atoms with Gasteiger partial charge in [-0.1, -0.05) is 36.4 Å². The minimum absolute atomic E-state index is 0.167. The van der Waals surface area contributed by atoms with Crippen molar-refractivity contribution in [3.05, 3.63) is 70.8 Å². The Morgan fingerprint density at radius 1 is 1.20 bits per heavy atom. The summed E-state index contributed by atoms with van der Waals surface area (Å²) in [6.45, 7) is 5.24. The smallest absolute Gasteiger partial charge is 0.248 e. The molecule has 0 aromatic heterocycles. The summed E-state index contributed by atoms with van der Waals surface area (Å²) in [5, 5.41) is 21.8. The maximum absolute atomic E-state index is 13.4. The molecule has 1 fully saturated rings. The Balaban J connectivity index is 1.44. The molecule has 2 aliphatic heterocycles. The van der Waals surface area contributed by atoms with Gasteiger partial charge in [0.05, 0.1) is 23.6 Å². The Morgan fingerprint density at radius 2 is 1.91 bits per heavy atom. The van der Waals surface area contributed by atoms with E-state index in [4.69, 9.17) is 4.74 Å². The molecule has 0 radical (unpaired) electrons. The van der Waals surface area contributed by atoms with Crippen LogP contribution in [-0.2, 0) is 9.59 Å². The molecular weight excluding hydrogens is 444 g/mol. The largest absolute Gasteiger partial charge is 0.489 e. The third-order valence-electron chi connectivity index (χ3n) is 6.78. The Hall–Kier alpha value is -3.67. The molecule has 3 N–H and O–H groups in total. The minimum Gasteiger partial charge on any atom is -0.489 e. The van der Waals surface area contributed by atoms with Gasteiger partial charge in [-0.05, 0) is 61.1 Å². The first-order chi connectivity index (χ1) is 16.9. The van der Waals surface area contributed by atoms with Crippen molar-refractivity contribution in [3.8, 4) is 11.8 Å². The Bertz CT molecular complexity index is 1150. The Kier molecular flexibility index (Phi) is 7.49. The number of para-hydroxylation sites is 1. The molecule has 2 aromatic rings. The minimum atomic E-state index is -0.760. The van der Waals surface area contributed by atoms with Crippen LogP contribution in [0.4, 0.5) is 0 Å². The zero-order valence-electron chi connectivity index (χ0n) is 20.0. The van der Waals surface area contributed by atoms with Gasteiger partial charge in [-0.3, -0.25) is 14.8 Å². The van der Waals surface area contributed by atoms with E-state index in [2.05, 4.69) is 11.4 Å². The number of nitrogens with zero attached hydrogens (tertiary/aromatic N) is 2. The van der Waals surface area contributed by atoms with E-state index < -0.39 is 17.9 Å². The third kappa shape index (κ3) is 5.37. The zero-order valence-corrected chi connectivity index (χ0v) is 20.0. The van der Waals surface area contributed by atoms with Crippen LogP contribution in [0.3, 0.4) is 0 Å². The fraction of sp³-hybridized carbons (Fsp3) is 0.370. The highest BCUT2D eigenvalue weighted by Crippen LogP contribution is 2.28. The number of benzene rings is 2. The van der Waals surface area contributed by atoms with Crippen LogP contribution in [0.1, 0.15) is 35.1 Å². The molecule has 2 amide bonds. The molecule has 35 heavy (non-hydrogen) atoms. The Morgan fingerprint density at radius 3 is 2.51 bits per heavy atom. The molecule has 2 aromatic carbocycles. The van der Waals surface area contributed by atoms with Gasteiger partial charge in [0.25, 0.3) is 0 Å². The SMILES string of the molecule is Cc1cc(C2=CCN(C(=O)[C@H]3NC[C@@H](Oc4ccccc4)C[C@@H]3C(=O)NO)CC2)cc(C)c1C#N. The van der Waals surface area contributed by atoms with E-state index in [0.29, 0.717) is 43.8 Å². The number of hydrogen-bond donors (Lipinski definition) is 3. The molecule has 8 heteroatoms. The fourth-order valence-corrected chi connectivity index (χ4v) is 4.94. The van der Waals surface area contributed by atoms with Crippen molar-refractivity contribution in [2.75, 3.05) is 19.6 Å². The van der Waals surface area contributed by atoms with Crippen LogP contribution in [-0.4, -0.2) is 53.7 Å². The average Bonchev–Trinajstić information content (AvgIpc) is 2.88. The highest BCUT2D eigenvalue weighted by atomic mass is 16.5. The number of nitrogens with one attached hydrogen (secondary N) is 2. The fourth-order valence-electron chi connectivity index (χ4n) is 4.94. The van der Waals surface area contributed by atoms with Crippen molar-refractivity contribution >= 4 is 17.4 Å². The monoisotopic (exact) mass is 474 g/mol.